The Morgan fingerprint density at radius 3 is 2.48 bits per heavy atom. The van der Waals surface area contributed by atoms with Crippen molar-refractivity contribution in [3.05, 3.63) is 58.1 Å². The molecule has 0 spiro atoms. The number of hydrogen-bond donors (Lipinski definition) is 1. The molecule has 4 heteroatoms. The molecule has 1 N–H and O–H groups in total. The van der Waals surface area contributed by atoms with Gasteiger partial charge in [-0.2, -0.15) is 0 Å². The van der Waals surface area contributed by atoms with E-state index >= 15 is 0 Å². The lowest BCUT2D eigenvalue weighted by Crippen LogP contribution is -2.01. The third-order valence-corrected chi connectivity index (χ3v) is 3.54. The quantitative estimate of drug-likeness (QED) is 0.895. The van der Waals surface area contributed by atoms with Crippen LogP contribution in [0.15, 0.2) is 36.4 Å². The van der Waals surface area contributed by atoms with E-state index in [4.69, 9.17) is 21.1 Å². The molecule has 0 amide bonds. The van der Waals surface area contributed by atoms with Crippen LogP contribution in [0.25, 0.3) is 0 Å². The van der Waals surface area contributed by atoms with E-state index in [1.807, 2.05) is 37.3 Å². The summed E-state index contributed by atoms with van der Waals surface area (Å²) in [7, 11) is 1.62. The molecule has 0 unspecified atom stereocenters. The highest BCUT2D eigenvalue weighted by Crippen LogP contribution is 2.27. The van der Waals surface area contributed by atoms with E-state index in [0.29, 0.717) is 11.6 Å². The highest BCUT2D eigenvalue weighted by Gasteiger charge is 2.08. The predicted molar refractivity (Wildman–Crippen MR) is 84.1 cm³/mol. The van der Waals surface area contributed by atoms with Crippen molar-refractivity contribution < 1.29 is 14.6 Å². The number of hydrogen-bond acceptors (Lipinski definition) is 3. The molecular weight excluding hydrogens is 288 g/mol. The van der Waals surface area contributed by atoms with E-state index in [2.05, 4.69) is 0 Å². The Labute approximate surface area is 130 Å². The molecule has 0 aliphatic heterocycles. The van der Waals surface area contributed by atoms with Crippen LogP contribution < -0.4 is 9.47 Å². The number of methoxy groups -OCH3 is 1. The van der Waals surface area contributed by atoms with E-state index in [-0.39, 0.29) is 0 Å². The molecule has 21 heavy (non-hydrogen) atoms. The van der Waals surface area contributed by atoms with Gasteiger partial charge in [-0.15, -0.1) is 0 Å². The first-order valence-electron chi connectivity index (χ1n) is 6.75. The monoisotopic (exact) mass is 306 g/mol. The molecule has 112 valence electrons. The van der Waals surface area contributed by atoms with Crippen LogP contribution in [0.4, 0.5) is 0 Å². The second-order valence-electron chi connectivity index (χ2n) is 4.95. The summed E-state index contributed by atoms with van der Waals surface area (Å²) in [5, 5.41) is 10.2. The van der Waals surface area contributed by atoms with Gasteiger partial charge in [0.1, 0.15) is 18.1 Å². The minimum atomic E-state index is -0.481. The normalized spacial score (nSPS) is 12.0. The lowest BCUT2D eigenvalue weighted by atomic mass is 10.1. The van der Waals surface area contributed by atoms with Gasteiger partial charge in [0.25, 0.3) is 0 Å². The van der Waals surface area contributed by atoms with Gasteiger partial charge in [-0.25, -0.2) is 0 Å². The smallest absolute Gasteiger partial charge is 0.125 e. The summed E-state index contributed by atoms with van der Waals surface area (Å²) in [6.07, 6.45) is -0.481. The van der Waals surface area contributed by atoms with Gasteiger partial charge in [0.05, 0.1) is 13.2 Å². The van der Waals surface area contributed by atoms with Crippen LogP contribution in [0.3, 0.4) is 0 Å². The first-order valence-corrected chi connectivity index (χ1v) is 7.13. The van der Waals surface area contributed by atoms with Gasteiger partial charge in [0.15, 0.2) is 0 Å². The first-order chi connectivity index (χ1) is 10.0. The van der Waals surface area contributed by atoms with Crippen LogP contribution in [0.2, 0.25) is 5.02 Å². The van der Waals surface area contributed by atoms with Crippen LogP contribution in [0, 0.1) is 6.92 Å². The zero-order valence-electron chi connectivity index (χ0n) is 12.4. The van der Waals surface area contributed by atoms with Crippen LogP contribution >= 0.6 is 11.6 Å². The number of aryl methyl sites for hydroxylation is 1. The summed E-state index contributed by atoms with van der Waals surface area (Å²) >= 11 is 6.00. The van der Waals surface area contributed by atoms with E-state index < -0.39 is 6.10 Å². The lowest BCUT2D eigenvalue weighted by molar-refractivity contribution is 0.199. The number of benzene rings is 2. The number of aliphatic hydroxyl groups is 1. The number of aliphatic hydroxyl groups excluding tert-OH is 1. The summed E-state index contributed by atoms with van der Waals surface area (Å²) in [4.78, 5) is 0. The molecule has 2 aromatic rings. The second-order valence-corrected chi connectivity index (χ2v) is 5.38. The fourth-order valence-electron chi connectivity index (χ4n) is 2.11. The standard InChI is InChI=1S/C17H19ClO3/c1-11-8-13(12(2)19)4-6-16(11)21-10-14-9-15(18)5-7-17(14)20-3/h4-9,12,19H,10H2,1-3H3/t12-/m1/s1. The molecule has 0 heterocycles. The SMILES string of the molecule is COc1ccc(Cl)cc1COc1ccc([C@@H](C)O)cc1C. The number of halogens is 1. The van der Waals surface area contributed by atoms with Gasteiger partial charge < -0.3 is 14.6 Å². The second kappa shape index (κ2) is 6.83. The third-order valence-electron chi connectivity index (χ3n) is 3.31. The largest absolute Gasteiger partial charge is 0.496 e. The van der Waals surface area contributed by atoms with Gasteiger partial charge in [-0.1, -0.05) is 17.7 Å². The Morgan fingerprint density at radius 2 is 1.86 bits per heavy atom. The van der Waals surface area contributed by atoms with Crippen LogP contribution in [-0.2, 0) is 6.61 Å². The van der Waals surface area contributed by atoms with Crippen molar-refractivity contribution in [2.45, 2.75) is 26.6 Å². The van der Waals surface area contributed by atoms with Gasteiger partial charge in [-0.05, 0) is 55.3 Å². The minimum absolute atomic E-state index is 0.374. The molecule has 0 aromatic heterocycles. The highest BCUT2D eigenvalue weighted by atomic mass is 35.5. The summed E-state index contributed by atoms with van der Waals surface area (Å²) in [5.74, 6) is 1.53. The van der Waals surface area contributed by atoms with Gasteiger partial charge in [0.2, 0.25) is 0 Å². The lowest BCUT2D eigenvalue weighted by Gasteiger charge is -2.14. The maximum atomic E-state index is 9.57. The van der Waals surface area contributed by atoms with E-state index in [1.165, 1.54) is 0 Å². The van der Waals surface area contributed by atoms with Gasteiger partial charge in [-0.3, -0.25) is 0 Å². The van der Waals surface area contributed by atoms with Crippen LogP contribution in [0.1, 0.15) is 29.7 Å². The van der Waals surface area contributed by atoms with Crippen LogP contribution in [0.5, 0.6) is 11.5 Å². The van der Waals surface area contributed by atoms with Crippen molar-refractivity contribution >= 4 is 11.6 Å². The zero-order valence-corrected chi connectivity index (χ0v) is 13.1. The molecule has 2 rings (SSSR count). The molecule has 0 saturated carbocycles. The zero-order chi connectivity index (χ0) is 15.4. The third kappa shape index (κ3) is 3.90. The van der Waals surface area contributed by atoms with E-state index in [0.717, 1.165) is 28.2 Å². The van der Waals surface area contributed by atoms with Crippen molar-refractivity contribution in [3.8, 4) is 11.5 Å². The molecule has 0 aliphatic carbocycles. The summed E-state index contributed by atoms with van der Waals surface area (Å²) in [5.41, 5.74) is 2.75. The maximum Gasteiger partial charge on any atom is 0.125 e. The topological polar surface area (TPSA) is 38.7 Å². The summed E-state index contributed by atoms with van der Waals surface area (Å²) in [6.45, 7) is 4.07. The molecule has 2 aromatic carbocycles. The molecule has 0 radical (unpaired) electrons. The van der Waals surface area contributed by atoms with E-state index in [1.54, 1.807) is 20.1 Å². The maximum absolute atomic E-state index is 9.57. The fourth-order valence-corrected chi connectivity index (χ4v) is 2.30. The Balaban J connectivity index is 2.15. The van der Waals surface area contributed by atoms with Crippen molar-refractivity contribution in [2.24, 2.45) is 0 Å². The first kappa shape index (κ1) is 15.7. The molecule has 0 aliphatic rings. The average molecular weight is 307 g/mol. The average Bonchev–Trinajstić information content (AvgIpc) is 2.46. The Bertz CT molecular complexity index is 623. The molecular formula is C17H19ClO3. The number of rotatable bonds is 5. The fraction of sp³-hybridized carbons (Fsp3) is 0.294. The Hall–Kier alpha value is -1.71. The number of ether oxygens (including phenoxy) is 2. The summed E-state index contributed by atoms with van der Waals surface area (Å²) in [6, 6.07) is 11.1. The molecule has 0 fully saturated rings. The van der Waals surface area contributed by atoms with Gasteiger partial charge >= 0.3 is 0 Å². The molecule has 3 nitrogen and oxygen atoms in total. The van der Waals surface area contributed by atoms with Crippen molar-refractivity contribution in [1.29, 1.82) is 0 Å². The minimum Gasteiger partial charge on any atom is -0.496 e. The highest BCUT2D eigenvalue weighted by molar-refractivity contribution is 6.30. The van der Waals surface area contributed by atoms with Gasteiger partial charge in [0, 0.05) is 10.6 Å². The molecule has 0 saturated heterocycles. The molecule has 1 atom stereocenters. The predicted octanol–water partition coefficient (Wildman–Crippen LogP) is 4.29. The van der Waals surface area contributed by atoms with Crippen molar-refractivity contribution in [1.82, 2.24) is 0 Å². The van der Waals surface area contributed by atoms with E-state index in [9.17, 15) is 5.11 Å². The Kier molecular flexibility index (Phi) is 5.10. The molecule has 0 bridgehead atoms. The van der Waals surface area contributed by atoms with Crippen LogP contribution in [-0.4, -0.2) is 12.2 Å². The van der Waals surface area contributed by atoms with Crippen molar-refractivity contribution in [3.63, 3.8) is 0 Å². The van der Waals surface area contributed by atoms with Crippen molar-refractivity contribution in [2.75, 3.05) is 7.11 Å². The summed E-state index contributed by atoms with van der Waals surface area (Å²) < 4.78 is 11.1. The Morgan fingerprint density at radius 1 is 1.14 bits per heavy atom.